The third kappa shape index (κ3) is 5.88. The minimum atomic E-state index is 0. The van der Waals surface area contributed by atoms with E-state index < -0.39 is 0 Å². The number of fused-ring (bicyclic) bond motifs is 2. The third-order valence-electron chi connectivity index (χ3n) is 5.16. The minimum absolute atomic E-state index is 0. The van der Waals surface area contributed by atoms with Crippen molar-refractivity contribution < 1.29 is 35.9 Å². The molecule has 0 aliphatic carbocycles. The zero-order valence-electron chi connectivity index (χ0n) is 19.7. The van der Waals surface area contributed by atoms with E-state index in [0.717, 1.165) is 60.1 Å². The molecule has 0 aliphatic rings. The van der Waals surface area contributed by atoms with Gasteiger partial charge in [0.2, 0.25) is 0 Å². The topological polar surface area (TPSA) is 36.9 Å². The normalized spacial score (nSPS) is 9.79. The van der Waals surface area contributed by atoms with Crippen LogP contribution in [-0.4, -0.2) is 51.5 Å². The van der Waals surface area contributed by atoms with Crippen molar-refractivity contribution in [3.8, 4) is 23.0 Å². The van der Waals surface area contributed by atoms with E-state index >= 15 is 0 Å². The Labute approximate surface area is 230 Å². The summed E-state index contributed by atoms with van der Waals surface area (Å²) in [6, 6.07) is 19.2. The van der Waals surface area contributed by atoms with Gasteiger partial charge in [-0.2, -0.15) is 0 Å². The van der Waals surface area contributed by atoms with Crippen LogP contribution in [0.15, 0.2) is 53.0 Å². The number of ether oxygens (including phenoxy) is 4. The monoisotopic (exact) mass is 584 g/mol. The third-order valence-corrected chi connectivity index (χ3v) is 6.11. The second-order valence-electron chi connectivity index (χ2n) is 6.91. The molecule has 7 heteroatoms. The number of halogens is 2. The molecule has 0 saturated carbocycles. The summed E-state index contributed by atoms with van der Waals surface area (Å²) in [6.45, 7) is 3.98. The quantitative estimate of drug-likeness (QED) is 0.271. The van der Waals surface area contributed by atoms with Crippen LogP contribution in [-0.2, 0) is 0 Å². The second kappa shape index (κ2) is 13.3. The van der Waals surface area contributed by atoms with Crippen LogP contribution in [0.3, 0.4) is 0 Å². The first-order valence-electron chi connectivity index (χ1n) is 9.79. The molecule has 0 N–H and O–H groups in total. The number of hydrogen-bond donors (Lipinski definition) is 0. The molecule has 4 aromatic carbocycles. The van der Waals surface area contributed by atoms with Gasteiger partial charge in [0.05, 0.1) is 32.9 Å². The SMILES string of the molecule is COc1[c-]c(C)c(OC)c2ccccc12.COc1c(C)c(Br)c(OC)c2ccccc12.[Br-].[Mg+2]. The van der Waals surface area contributed by atoms with Gasteiger partial charge in [-0.25, -0.2) is 0 Å². The van der Waals surface area contributed by atoms with Gasteiger partial charge in [0.15, 0.2) is 0 Å². The molecule has 0 aliphatic heterocycles. The van der Waals surface area contributed by atoms with Crippen molar-refractivity contribution >= 4 is 60.5 Å². The summed E-state index contributed by atoms with van der Waals surface area (Å²) in [5.41, 5.74) is 2.02. The standard InChI is InChI=1S/C13H13BrO2.C13H13O2.BrH.Mg/c1-8-11(14)13(16-3)10-7-5-4-6-9(10)12(8)15-2;1-9-8-12(14-2)10-6-4-5-7-11(10)13(9)15-3;;/h4-7H,1-3H3;4-7H,1-3H3;1H;/q;-1;;+2/p-1. The summed E-state index contributed by atoms with van der Waals surface area (Å²) in [5, 5.41) is 4.22. The van der Waals surface area contributed by atoms with Crippen molar-refractivity contribution in [1.29, 1.82) is 0 Å². The molecule has 0 saturated heterocycles. The van der Waals surface area contributed by atoms with Crippen LogP contribution in [0.25, 0.3) is 21.5 Å². The Morgan fingerprint density at radius 3 is 1.52 bits per heavy atom. The van der Waals surface area contributed by atoms with Gasteiger partial charge in [0.25, 0.3) is 0 Å². The average Bonchev–Trinajstić information content (AvgIpc) is 2.80. The van der Waals surface area contributed by atoms with Crippen molar-refractivity contribution in [3.63, 3.8) is 0 Å². The minimum Gasteiger partial charge on any atom is -1.00 e. The van der Waals surface area contributed by atoms with E-state index in [-0.39, 0.29) is 40.0 Å². The predicted octanol–water partition coefficient (Wildman–Crippen LogP) is 3.52. The summed E-state index contributed by atoms with van der Waals surface area (Å²) in [5.74, 6) is 3.38. The average molecular weight is 587 g/mol. The largest absolute Gasteiger partial charge is 2.00 e. The molecule has 4 rings (SSSR count). The van der Waals surface area contributed by atoms with Crippen LogP contribution in [0.5, 0.6) is 23.0 Å². The molecule has 33 heavy (non-hydrogen) atoms. The molecule has 0 unspecified atom stereocenters. The summed E-state index contributed by atoms with van der Waals surface area (Å²) in [7, 11) is 6.70. The number of benzene rings is 4. The van der Waals surface area contributed by atoms with E-state index in [0.29, 0.717) is 0 Å². The summed E-state index contributed by atoms with van der Waals surface area (Å²) in [4.78, 5) is 0. The maximum absolute atomic E-state index is 5.45. The summed E-state index contributed by atoms with van der Waals surface area (Å²) >= 11 is 3.55. The fraction of sp³-hybridized carbons (Fsp3) is 0.231. The van der Waals surface area contributed by atoms with Gasteiger partial charge in [0, 0.05) is 27.8 Å². The van der Waals surface area contributed by atoms with Crippen molar-refractivity contribution in [3.05, 3.63) is 70.2 Å². The van der Waals surface area contributed by atoms with Crippen molar-refractivity contribution in [2.75, 3.05) is 28.4 Å². The van der Waals surface area contributed by atoms with Gasteiger partial charge in [-0.05, 0) is 22.9 Å². The van der Waals surface area contributed by atoms with Crippen LogP contribution in [0.2, 0.25) is 0 Å². The summed E-state index contributed by atoms with van der Waals surface area (Å²) < 4.78 is 22.5. The number of hydrogen-bond acceptors (Lipinski definition) is 4. The van der Waals surface area contributed by atoms with E-state index in [2.05, 4.69) is 22.0 Å². The van der Waals surface area contributed by atoms with Crippen molar-refractivity contribution in [1.82, 2.24) is 0 Å². The molecule has 0 bridgehead atoms. The zero-order valence-corrected chi connectivity index (χ0v) is 24.3. The van der Waals surface area contributed by atoms with E-state index in [1.165, 1.54) is 0 Å². The van der Waals surface area contributed by atoms with Crippen LogP contribution in [0, 0.1) is 19.9 Å². The zero-order chi connectivity index (χ0) is 22.5. The Hall–Kier alpha value is -1.67. The molecule has 0 fully saturated rings. The molecule has 0 spiro atoms. The molecule has 0 aromatic heterocycles. The summed E-state index contributed by atoms with van der Waals surface area (Å²) in [6.07, 6.45) is 0. The molecule has 4 nitrogen and oxygen atoms in total. The smallest absolute Gasteiger partial charge is 1.00 e. The maximum atomic E-state index is 5.45. The first kappa shape index (κ1) is 29.4. The Kier molecular flexibility index (Phi) is 11.8. The van der Waals surface area contributed by atoms with Gasteiger partial charge in [-0.1, -0.05) is 60.2 Å². The molecule has 0 amide bonds. The molecular weight excluding hydrogens is 560 g/mol. The number of aryl methyl sites for hydroxylation is 1. The van der Waals surface area contributed by atoms with Gasteiger partial charge >= 0.3 is 23.1 Å². The van der Waals surface area contributed by atoms with Crippen LogP contribution < -0.4 is 35.9 Å². The molecule has 0 radical (unpaired) electrons. The van der Waals surface area contributed by atoms with Crippen LogP contribution in [0.4, 0.5) is 0 Å². The fourth-order valence-electron chi connectivity index (χ4n) is 3.73. The fourth-order valence-corrected chi connectivity index (χ4v) is 4.29. The molecular formula is C26H26Br2MgO4. The molecule has 4 aromatic rings. The van der Waals surface area contributed by atoms with Crippen molar-refractivity contribution in [2.45, 2.75) is 13.8 Å². The van der Waals surface area contributed by atoms with E-state index in [1.807, 2.05) is 62.4 Å². The van der Waals surface area contributed by atoms with E-state index in [1.54, 1.807) is 28.4 Å². The molecule has 170 valence electrons. The Morgan fingerprint density at radius 2 is 1.06 bits per heavy atom. The number of rotatable bonds is 4. The molecule has 0 atom stereocenters. The van der Waals surface area contributed by atoms with E-state index in [9.17, 15) is 0 Å². The van der Waals surface area contributed by atoms with Gasteiger partial charge in [-0.3, -0.25) is 0 Å². The predicted molar refractivity (Wildman–Crippen MR) is 136 cm³/mol. The maximum Gasteiger partial charge on any atom is 2.00 e. The Morgan fingerprint density at radius 1 is 0.636 bits per heavy atom. The van der Waals surface area contributed by atoms with Gasteiger partial charge < -0.3 is 35.9 Å². The first-order valence-corrected chi connectivity index (χ1v) is 10.6. The number of methoxy groups -OCH3 is 4. The van der Waals surface area contributed by atoms with E-state index in [4.69, 9.17) is 18.9 Å². The molecule has 0 heterocycles. The Bertz CT molecular complexity index is 1180. The van der Waals surface area contributed by atoms with Gasteiger partial charge in [-0.15, -0.1) is 17.7 Å². The van der Waals surface area contributed by atoms with Crippen molar-refractivity contribution in [2.24, 2.45) is 0 Å². The first-order chi connectivity index (χ1) is 15.0. The second-order valence-corrected chi connectivity index (χ2v) is 7.71. The Balaban J connectivity index is 0.000000312. The van der Waals surface area contributed by atoms with Crippen LogP contribution in [0.1, 0.15) is 11.1 Å². The van der Waals surface area contributed by atoms with Gasteiger partial charge in [0.1, 0.15) is 11.5 Å². The van der Waals surface area contributed by atoms with Crippen LogP contribution >= 0.6 is 15.9 Å².